The second-order valence-corrected chi connectivity index (χ2v) is 2.14. The lowest BCUT2D eigenvalue weighted by Crippen LogP contribution is -2.11. The van der Waals surface area contributed by atoms with Gasteiger partial charge in [-0.15, -0.1) is 13.2 Å². The predicted molar refractivity (Wildman–Crippen MR) is 51.6 cm³/mol. The first-order chi connectivity index (χ1) is 6.35. The van der Waals surface area contributed by atoms with Gasteiger partial charge in [-0.2, -0.15) is 0 Å². The third-order valence-electron chi connectivity index (χ3n) is 0.823. The smallest absolute Gasteiger partial charge is 0.406 e. The molecule has 0 aromatic heterocycles. The largest absolute Gasteiger partial charge is 0.573 e. The summed E-state index contributed by atoms with van der Waals surface area (Å²) in [5, 5.41) is 0. The average Bonchev–Trinajstić information content (AvgIpc) is 2.03. The number of allylic oxidation sites excluding steroid dienone is 3. The highest BCUT2D eigenvalue weighted by Gasteiger charge is 2.31. The monoisotopic (exact) mass is 208 g/mol. The van der Waals surface area contributed by atoms with Crippen LogP contribution in [-0.2, 0) is 4.74 Å². The van der Waals surface area contributed by atoms with Gasteiger partial charge in [0.15, 0.2) is 0 Å². The van der Waals surface area contributed by atoms with E-state index < -0.39 is 6.36 Å². The molecule has 0 saturated heterocycles. The lowest BCUT2D eigenvalue weighted by atomic mass is 10.3. The first-order valence-electron chi connectivity index (χ1n) is 4.10. The minimum atomic E-state index is -4.67. The van der Waals surface area contributed by atoms with E-state index in [1.54, 1.807) is 6.92 Å². The molecule has 0 heterocycles. The van der Waals surface area contributed by atoms with Crippen molar-refractivity contribution in [1.29, 1.82) is 0 Å². The SMILES string of the molecule is C=C/C(=C\C(=C)C)OC(F)(F)F.CC. The van der Waals surface area contributed by atoms with Crippen molar-refractivity contribution in [2.75, 3.05) is 0 Å². The van der Waals surface area contributed by atoms with E-state index >= 15 is 0 Å². The van der Waals surface area contributed by atoms with Crippen molar-refractivity contribution in [3.8, 4) is 0 Å². The molecule has 1 nitrogen and oxygen atoms in total. The average molecular weight is 208 g/mol. The van der Waals surface area contributed by atoms with Crippen LogP contribution in [0.5, 0.6) is 0 Å². The molecular formula is C10H15F3O. The first-order valence-corrected chi connectivity index (χ1v) is 4.10. The molecule has 0 aliphatic heterocycles. The minimum absolute atomic E-state index is 0.352. The maximum absolute atomic E-state index is 11.6. The molecule has 82 valence electrons. The fourth-order valence-electron chi connectivity index (χ4n) is 0.507. The molecule has 0 radical (unpaired) electrons. The zero-order chi connectivity index (χ0) is 11.8. The fourth-order valence-corrected chi connectivity index (χ4v) is 0.507. The molecule has 0 atom stereocenters. The normalized spacial score (nSPS) is 11.1. The summed E-state index contributed by atoms with van der Waals surface area (Å²) in [6.45, 7) is 12.1. The number of rotatable bonds is 3. The van der Waals surface area contributed by atoms with Crippen LogP contribution in [0.3, 0.4) is 0 Å². The Kier molecular flexibility index (Phi) is 7.90. The summed E-state index contributed by atoms with van der Waals surface area (Å²) in [4.78, 5) is 0. The molecule has 0 aromatic rings. The highest BCUT2D eigenvalue weighted by molar-refractivity contribution is 5.21. The zero-order valence-corrected chi connectivity index (χ0v) is 8.61. The van der Waals surface area contributed by atoms with Crippen LogP contribution in [0.15, 0.2) is 36.6 Å². The quantitative estimate of drug-likeness (QED) is 0.499. The minimum Gasteiger partial charge on any atom is -0.406 e. The van der Waals surface area contributed by atoms with Crippen molar-refractivity contribution in [3.63, 3.8) is 0 Å². The van der Waals surface area contributed by atoms with Crippen LogP contribution in [0.25, 0.3) is 0 Å². The van der Waals surface area contributed by atoms with Crippen LogP contribution < -0.4 is 0 Å². The van der Waals surface area contributed by atoms with E-state index in [2.05, 4.69) is 17.9 Å². The standard InChI is InChI=1S/C8H9F3O.C2H6/c1-4-7(5-6(2)3)12-8(9,10)11;1-2/h4-5H,1-2H2,3H3;1-2H3/b7-5+;. The molecule has 0 spiro atoms. The van der Waals surface area contributed by atoms with Gasteiger partial charge in [0.25, 0.3) is 0 Å². The van der Waals surface area contributed by atoms with Gasteiger partial charge in [0.2, 0.25) is 0 Å². The van der Waals surface area contributed by atoms with E-state index in [0.717, 1.165) is 12.2 Å². The number of hydrogen-bond acceptors (Lipinski definition) is 1. The summed E-state index contributed by atoms with van der Waals surface area (Å²) in [6.07, 6.45) is -2.54. The highest BCUT2D eigenvalue weighted by atomic mass is 19.4. The van der Waals surface area contributed by atoms with Crippen molar-refractivity contribution >= 4 is 0 Å². The summed E-state index contributed by atoms with van der Waals surface area (Å²) in [5.41, 5.74) is 0.467. The van der Waals surface area contributed by atoms with E-state index in [1.165, 1.54) is 0 Å². The van der Waals surface area contributed by atoms with Gasteiger partial charge in [0, 0.05) is 0 Å². The van der Waals surface area contributed by atoms with Gasteiger partial charge in [-0.05, 0) is 19.1 Å². The highest BCUT2D eigenvalue weighted by Crippen LogP contribution is 2.21. The van der Waals surface area contributed by atoms with E-state index in [9.17, 15) is 13.2 Å². The molecule has 0 aliphatic carbocycles. The molecule has 0 saturated carbocycles. The Morgan fingerprint density at radius 2 is 1.71 bits per heavy atom. The van der Waals surface area contributed by atoms with Crippen molar-refractivity contribution < 1.29 is 17.9 Å². The van der Waals surface area contributed by atoms with Gasteiger partial charge in [-0.1, -0.05) is 32.6 Å². The molecular weight excluding hydrogens is 193 g/mol. The Bertz CT molecular complexity index is 214. The van der Waals surface area contributed by atoms with Gasteiger partial charge in [-0.3, -0.25) is 0 Å². The van der Waals surface area contributed by atoms with Crippen molar-refractivity contribution in [3.05, 3.63) is 36.6 Å². The molecule has 0 fully saturated rings. The van der Waals surface area contributed by atoms with Crippen LogP contribution in [0.1, 0.15) is 20.8 Å². The number of alkyl halides is 3. The summed E-state index contributed by atoms with van der Waals surface area (Å²) in [6, 6.07) is 0. The molecule has 0 rings (SSSR count). The number of halogens is 3. The maximum atomic E-state index is 11.6. The summed E-state index contributed by atoms with van der Waals surface area (Å²) >= 11 is 0. The van der Waals surface area contributed by atoms with Gasteiger partial charge in [-0.25, -0.2) is 0 Å². The molecule has 0 bridgehead atoms. The fraction of sp³-hybridized carbons (Fsp3) is 0.400. The van der Waals surface area contributed by atoms with E-state index in [1.807, 2.05) is 13.8 Å². The first kappa shape index (κ1) is 15.3. The molecule has 0 unspecified atom stereocenters. The zero-order valence-electron chi connectivity index (χ0n) is 8.61. The third kappa shape index (κ3) is 10.8. The van der Waals surface area contributed by atoms with E-state index in [0.29, 0.717) is 5.57 Å². The van der Waals surface area contributed by atoms with Crippen molar-refractivity contribution in [2.24, 2.45) is 0 Å². The third-order valence-corrected chi connectivity index (χ3v) is 0.823. The molecule has 0 aliphatic rings. The van der Waals surface area contributed by atoms with Crippen LogP contribution in [0, 0.1) is 0 Å². The Morgan fingerprint density at radius 1 is 1.29 bits per heavy atom. The molecule has 14 heavy (non-hydrogen) atoms. The van der Waals surface area contributed by atoms with E-state index in [4.69, 9.17) is 0 Å². The second-order valence-electron chi connectivity index (χ2n) is 2.14. The number of ether oxygens (including phenoxy) is 1. The van der Waals surface area contributed by atoms with Gasteiger partial charge < -0.3 is 4.74 Å². The summed E-state index contributed by atoms with van der Waals surface area (Å²) in [5.74, 6) is -0.352. The topological polar surface area (TPSA) is 9.23 Å². The molecule has 0 amide bonds. The number of hydrogen-bond donors (Lipinski definition) is 0. The Morgan fingerprint density at radius 3 is 1.93 bits per heavy atom. The van der Waals surface area contributed by atoms with Gasteiger partial charge >= 0.3 is 6.36 Å². The molecule has 4 heteroatoms. The van der Waals surface area contributed by atoms with Gasteiger partial charge in [0.1, 0.15) is 5.76 Å². The Hall–Kier alpha value is -1.19. The second kappa shape index (κ2) is 7.24. The summed E-state index contributed by atoms with van der Waals surface area (Å²) < 4.78 is 38.4. The van der Waals surface area contributed by atoms with Crippen LogP contribution in [0.4, 0.5) is 13.2 Å². The molecule has 0 N–H and O–H groups in total. The summed E-state index contributed by atoms with van der Waals surface area (Å²) in [7, 11) is 0. The predicted octanol–water partition coefficient (Wildman–Crippen LogP) is 4.20. The van der Waals surface area contributed by atoms with Crippen LogP contribution in [-0.4, -0.2) is 6.36 Å². The van der Waals surface area contributed by atoms with Crippen molar-refractivity contribution in [1.82, 2.24) is 0 Å². The Labute approximate surface area is 82.6 Å². The molecule has 0 aromatic carbocycles. The van der Waals surface area contributed by atoms with Crippen LogP contribution in [0.2, 0.25) is 0 Å². The lowest BCUT2D eigenvalue weighted by Gasteiger charge is -2.08. The van der Waals surface area contributed by atoms with Crippen LogP contribution >= 0.6 is 0 Å². The Balaban J connectivity index is 0. The van der Waals surface area contributed by atoms with Crippen molar-refractivity contribution in [2.45, 2.75) is 27.1 Å². The lowest BCUT2D eigenvalue weighted by molar-refractivity contribution is -0.303. The van der Waals surface area contributed by atoms with E-state index in [-0.39, 0.29) is 5.76 Å². The van der Waals surface area contributed by atoms with Gasteiger partial charge in [0.05, 0.1) is 0 Å². The maximum Gasteiger partial charge on any atom is 0.573 e.